The van der Waals surface area contributed by atoms with Crippen LogP contribution in [0.2, 0.25) is 0 Å². The molecule has 1 heterocycles. The van der Waals surface area contributed by atoms with Gasteiger partial charge in [-0.05, 0) is 31.0 Å². The van der Waals surface area contributed by atoms with Crippen LogP contribution in [0.15, 0.2) is 18.2 Å². The number of benzene rings is 1. The Bertz CT molecular complexity index is 497. The van der Waals surface area contributed by atoms with Gasteiger partial charge in [0.25, 0.3) is 0 Å². The number of alkyl halides is 3. The van der Waals surface area contributed by atoms with Gasteiger partial charge < -0.3 is 15.4 Å². The molecule has 1 fully saturated rings. The van der Waals surface area contributed by atoms with Gasteiger partial charge in [0.05, 0.1) is 18.2 Å². The molecule has 0 bridgehead atoms. The predicted molar refractivity (Wildman–Crippen MR) is 67.6 cm³/mol. The zero-order chi connectivity index (χ0) is 14.8. The molecule has 1 aliphatic rings. The summed E-state index contributed by atoms with van der Waals surface area (Å²) in [6, 6.07) is 2.63. The maximum Gasteiger partial charge on any atom is 0.416 e. The number of amides is 2. The summed E-state index contributed by atoms with van der Waals surface area (Å²) in [5.74, 6) is 0. The standard InChI is InChI=1S/C13H15F3N2O2/c1-8-2-3-9(13(14,15)16)6-11(8)18-12(19)17-10-4-5-20-7-10/h2-3,6,10H,4-5,7H2,1H3,(H2,17,18,19). The van der Waals surface area contributed by atoms with Crippen LogP contribution in [-0.2, 0) is 10.9 Å². The molecule has 20 heavy (non-hydrogen) atoms. The molecular formula is C13H15F3N2O2. The Morgan fingerprint density at radius 3 is 2.75 bits per heavy atom. The van der Waals surface area contributed by atoms with E-state index in [9.17, 15) is 18.0 Å². The van der Waals surface area contributed by atoms with Gasteiger partial charge in [0, 0.05) is 12.3 Å². The summed E-state index contributed by atoms with van der Waals surface area (Å²) < 4.78 is 43.0. The molecule has 0 aliphatic carbocycles. The van der Waals surface area contributed by atoms with Gasteiger partial charge in [-0.25, -0.2) is 4.79 Å². The molecule has 0 spiro atoms. The van der Waals surface area contributed by atoms with Crippen molar-refractivity contribution in [1.29, 1.82) is 0 Å². The van der Waals surface area contributed by atoms with Gasteiger partial charge >= 0.3 is 12.2 Å². The van der Waals surface area contributed by atoms with Gasteiger partial charge in [-0.15, -0.1) is 0 Å². The van der Waals surface area contributed by atoms with Crippen LogP contribution in [0.5, 0.6) is 0 Å². The highest BCUT2D eigenvalue weighted by Crippen LogP contribution is 2.32. The van der Waals surface area contributed by atoms with E-state index in [4.69, 9.17) is 4.74 Å². The molecule has 110 valence electrons. The smallest absolute Gasteiger partial charge is 0.379 e. The fourth-order valence-corrected chi connectivity index (χ4v) is 1.93. The first-order valence-electron chi connectivity index (χ1n) is 6.19. The van der Waals surface area contributed by atoms with Crippen molar-refractivity contribution in [3.05, 3.63) is 29.3 Å². The number of nitrogens with one attached hydrogen (secondary N) is 2. The van der Waals surface area contributed by atoms with Crippen molar-refractivity contribution in [3.63, 3.8) is 0 Å². The third-order valence-electron chi connectivity index (χ3n) is 3.08. The van der Waals surface area contributed by atoms with E-state index >= 15 is 0 Å². The molecule has 1 unspecified atom stereocenters. The lowest BCUT2D eigenvalue weighted by Gasteiger charge is -2.15. The van der Waals surface area contributed by atoms with E-state index in [-0.39, 0.29) is 11.7 Å². The van der Waals surface area contributed by atoms with Crippen molar-refractivity contribution in [3.8, 4) is 0 Å². The van der Waals surface area contributed by atoms with E-state index in [1.807, 2.05) is 0 Å². The second kappa shape index (κ2) is 5.70. The summed E-state index contributed by atoms with van der Waals surface area (Å²) in [6.45, 7) is 2.64. The van der Waals surface area contributed by atoms with Crippen LogP contribution in [0.4, 0.5) is 23.7 Å². The largest absolute Gasteiger partial charge is 0.416 e. The Morgan fingerprint density at radius 1 is 1.40 bits per heavy atom. The van der Waals surface area contributed by atoms with E-state index in [2.05, 4.69) is 10.6 Å². The number of ether oxygens (including phenoxy) is 1. The summed E-state index contributed by atoms with van der Waals surface area (Å²) in [5.41, 5.74) is -0.0744. The number of halogens is 3. The molecule has 2 rings (SSSR count). The Hall–Kier alpha value is -1.76. The van der Waals surface area contributed by atoms with E-state index in [0.29, 0.717) is 25.2 Å². The lowest BCUT2D eigenvalue weighted by Crippen LogP contribution is -2.38. The van der Waals surface area contributed by atoms with Crippen LogP contribution in [0.25, 0.3) is 0 Å². The SMILES string of the molecule is Cc1ccc(C(F)(F)F)cc1NC(=O)NC1CCOC1. The molecule has 0 saturated carbocycles. The lowest BCUT2D eigenvalue weighted by atomic mass is 10.1. The fourth-order valence-electron chi connectivity index (χ4n) is 1.93. The fraction of sp³-hybridized carbons (Fsp3) is 0.462. The lowest BCUT2D eigenvalue weighted by molar-refractivity contribution is -0.137. The maximum absolute atomic E-state index is 12.6. The van der Waals surface area contributed by atoms with E-state index in [0.717, 1.165) is 12.1 Å². The maximum atomic E-state index is 12.6. The molecule has 1 atom stereocenters. The van der Waals surface area contributed by atoms with Crippen LogP contribution in [0, 0.1) is 6.92 Å². The molecule has 1 saturated heterocycles. The molecule has 4 nitrogen and oxygen atoms in total. The minimum atomic E-state index is -4.43. The van der Waals surface area contributed by atoms with E-state index in [1.54, 1.807) is 6.92 Å². The third-order valence-corrected chi connectivity index (χ3v) is 3.08. The van der Waals surface area contributed by atoms with Crippen LogP contribution in [-0.4, -0.2) is 25.3 Å². The van der Waals surface area contributed by atoms with Crippen molar-refractivity contribution < 1.29 is 22.7 Å². The summed E-state index contributed by atoms with van der Waals surface area (Å²) in [7, 11) is 0. The molecule has 1 aromatic rings. The highest BCUT2D eigenvalue weighted by molar-refractivity contribution is 5.90. The van der Waals surface area contributed by atoms with E-state index in [1.165, 1.54) is 6.07 Å². The second-order valence-electron chi connectivity index (χ2n) is 4.69. The van der Waals surface area contributed by atoms with Crippen molar-refractivity contribution in [1.82, 2.24) is 5.32 Å². The van der Waals surface area contributed by atoms with E-state index < -0.39 is 17.8 Å². The first-order valence-corrected chi connectivity index (χ1v) is 6.19. The number of hydrogen-bond donors (Lipinski definition) is 2. The van der Waals surface area contributed by atoms with Gasteiger partial charge in [-0.1, -0.05) is 6.07 Å². The first-order chi connectivity index (χ1) is 9.36. The van der Waals surface area contributed by atoms with Crippen LogP contribution in [0.1, 0.15) is 17.5 Å². The number of carbonyl (C=O) groups is 1. The van der Waals surface area contributed by atoms with Gasteiger partial charge in [-0.2, -0.15) is 13.2 Å². The van der Waals surface area contributed by atoms with Crippen molar-refractivity contribution >= 4 is 11.7 Å². The molecule has 1 aromatic carbocycles. The quantitative estimate of drug-likeness (QED) is 0.879. The monoisotopic (exact) mass is 288 g/mol. The number of carbonyl (C=O) groups excluding carboxylic acids is 1. The van der Waals surface area contributed by atoms with Crippen molar-refractivity contribution in [2.75, 3.05) is 18.5 Å². The van der Waals surface area contributed by atoms with Gasteiger partial charge in [0.15, 0.2) is 0 Å². The van der Waals surface area contributed by atoms with Crippen LogP contribution in [0.3, 0.4) is 0 Å². The first kappa shape index (κ1) is 14.6. The number of urea groups is 1. The van der Waals surface area contributed by atoms with Crippen LogP contribution >= 0.6 is 0 Å². The summed E-state index contributed by atoms with van der Waals surface area (Å²) in [4.78, 5) is 11.7. The minimum Gasteiger partial charge on any atom is -0.379 e. The van der Waals surface area contributed by atoms with Crippen molar-refractivity contribution in [2.45, 2.75) is 25.6 Å². The molecule has 1 aliphatic heterocycles. The topological polar surface area (TPSA) is 50.4 Å². The minimum absolute atomic E-state index is 0.0962. The number of hydrogen-bond acceptors (Lipinski definition) is 2. The Kier molecular flexibility index (Phi) is 4.17. The normalized spacial score (nSPS) is 18.9. The third kappa shape index (κ3) is 3.63. The van der Waals surface area contributed by atoms with Crippen LogP contribution < -0.4 is 10.6 Å². The summed E-state index contributed by atoms with van der Waals surface area (Å²) in [6.07, 6.45) is -3.73. The number of anilines is 1. The average molecular weight is 288 g/mol. The molecule has 2 amide bonds. The molecule has 7 heteroatoms. The highest BCUT2D eigenvalue weighted by Gasteiger charge is 2.31. The molecule has 0 radical (unpaired) electrons. The zero-order valence-electron chi connectivity index (χ0n) is 10.9. The van der Waals surface area contributed by atoms with Crippen molar-refractivity contribution in [2.24, 2.45) is 0 Å². The molecule has 0 aromatic heterocycles. The van der Waals surface area contributed by atoms with Gasteiger partial charge in [-0.3, -0.25) is 0 Å². The number of aryl methyl sites for hydroxylation is 1. The average Bonchev–Trinajstić information content (AvgIpc) is 2.83. The molecule has 2 N–H and O–H groups in total. The molecular weight excluding hydrogens is 273 g/mol. The zero-order valence-corrected chi connectivity index (χ0v) is 10.9. The Labute approximate surface area is 114 Å². The Morgan fingerprint density at radius 2 is 2.15 bits per heavy atom. The highest BCUT2D eigenvalue weighted by atomic mass is 19.4. The van der Waals surface area contributed by atoms with Gasteiger partial charge in [0.1, 0.15) is 0 Å². The second-order valence-corrected chi connectivity index (χ2v) is 4.69. The number of rotatable bonds is 2. The predicted octanol–water partition coefficient (Wildman–Crippen LogP) is 2.92. The summed E-state index contributed by atoms with van der Waals surface area (Å²) in [5, 5.41) is 5.10. The summed E-state index contributed by atoms with van der Waals surface area (Å²) >= 11 is 0. The van der Waals surface area contributed by atoms with Gasteiger partial charge in [0.2, 0.25) is 0 Å². The Balaban J connectivity index is 2.06.